The Labute approximate surface area is 133 Å². The maximum absolute atomic E-state index is 10.7. The van der Waals surface area contributed by atoms with Gasteiger partial charge < -0.3 is 19.6 Å². The van der Waals surface area contributed by atoms with Gasteiger partial charge in [-0.2, -0.15) is 0 Å². The van der Waals surface area contributed by atoms with Crippen molar-refractivity contribution in [1.82, 2.24) is 9.55 Å². The van der Waals surface area contributed by atoms with Crippen LogP contribution in [-0.2, 0) is 16.0 Å². The molecule has 0 aromatic carbocycles. The van der Waals surface area contributed by atoms with E-state index in [0.717, 1.165) is 25.9 Å². The first kappa shape index (κ1) is 15.9. The minimum Gasteiger partial charge on any atom is -0.358 e. The van der Waals surface area contributed by atoms with Gasteiger partial charge >= 0.3 is 5.82 Å². The molecule has 2 unspecified atom stereocenters. The number of alkyl halides is 1. The summed E-state index contributed by atoms with van der Waals surface area (Å²) < 4.78 is 13.5. The Morgan fingerprint density at radius 3 is 3.00 bits per heavy atom. The van der Waals surface area contributed by atoms with Crippen LogP contribution in [0.2, 0.25) is 0 Å². The third-order valence-corrected chi connectivity index (χ3v) is 4.31. The van der Waals surface area contributed by atoms with Crippen molar-refractivity contribution < 1.29 is 14.4 Å². The van der Waals surface area contributed by atoms with Gasteiger partial charge in [-0.3, -0.25) is 4.57 Å². The van der Waals surface area contributed by atoms with Gasteiger partial charge in [0, 0.05) is 27.9 Å². The summed E-state index contributed by atoms with van der Waals surface area (Å²) in [5.74, 6) is -0.181. The molecule has 1 aliphatic rings. The lowest BCUT2D eigenvalue weighted by atomic mass is 10.2. The first-order chi connectivity index (χ1) is 9.60. The van der Waals surface area contributed by atoms with Crippen LogP contribution in [0.5, 0.6) is 0 Å². The number of imidazole rings is 1. The van der Waals surface area contributed by atoms with Crippen molar-refractivity contribution in [2.45, 2.75) is 38.2 Å². The molecule has 2 rings (SSSR count). The van der Waals surface area contributed by atoms with Crippen molar-refractivity contribution >= 4 is 37.7 Å². The van der Waals surface area contributed by atoms with E-state index in [-0.39, 0.29) is 18.2 Å². The molecule has 20 heavy (non-hydrogen) atoms. The molecule has 2 heterocycles. The molecule has 0 spiro atoms. The van der Waals surface area contributed by atoms with Crippen molar-refractivity contribution in [2.75, 3.05) is 11.9 Å². The summed E-state index contributed by atoms with van der Waals surface area (Å²) in [6, 6.07) is 0. The number of hydrogen-bond acceptors (Lipinski definition) is 5. The standard InChI is InChI=1S/C11H15Br2N3O4/c12-5-8(20-10-3-1-2-4-19-10)6-15-7-9(16(17)18)14-11(15)13/h7-8,10H,1-6H2. The molecule has 0 aliphatic carbocycles. The Kier molecular flexibility index (Phi) is 5.94. The monoisotopic (exact) mass is 411 g/mol. The van der Waals surface area contributed by atoms with Crippen LogP contribution in [0.3, 0.4) is 0 Å². The molecular weight excluding hydrogens is 398 g/mol. The smallest absolute Gasteiger partial charge is 0.358 e. The van der Waals surface area contributed by atoms with E-state index in [1.165, 1.54) is 6.20 Å². The van der Waals surface area contributed by atoms with E-state index in [4.69, 9.17) is 9.47 Å². The minimum absolute atomic E-state index is 0.136. The average Bonchev–Trinajstić information content (AvgIpc) is 2.81. The van der Waals surface area contributed by atoms with E-state index in [0.29, 0.717) is 16.6 Å². The highest BCUT2D eigenvalue weighted by Gasteiger charge is 2.23. The Balaban J connectivity index is 1.96. The molecule has 1 aromatic rings. The Hall–Kier alpha value is -0.510. The lowest BCUT2D eigenvalue weighted by Gasteiger charge is -2.27. The molecule has 1 aliphatic heterocycles. The molecular formula is C11H15Br2N3O4. The molecule has 0 saturated carbocycles. The van der Waals surface area contributed by atoms with Crippen molar-refractivity contribution in [3.63, 3.8) is 0 Å². The van der Waals surface area contributed by atoms with Crippen molar-refractivity contribution in [3.8, 4) is 0 Å². The van der Waals surface area contributed by atoms with Crippen LogP contribution in [-0.4, -0.2) is 38.8 Å². The molecule has 0 bridgehead atoms. The van der Waals surface area contributed by atoms with Crippen molar-refractivity contribution in [3.05, 3.63) is 21.0 Å². The van der Waals surface area contributed by atoms with Gasteiger partial charge in [0.1, 0.15) is 6.20 Å². The van der Waals surface area contributed by atoms with E-state index < -0.39 is 4.92 Å². The van der Waals surface area contributed by atoms with Crippen LogP contribution in [0, 0.1) is 10.1 Å². The van der Waals surface area contributed by atoms with Gasteiger partial charge in [0.2, 0.25) is 0 Å². The SMILES string of the molecule is O=[N+]([O-])c1cn(CC(CBr)OC2CCCCO2)c(Br)n1. The number of ether oxygens (including phenoxy) is 2. The largest absolute Gasteiger partial charge is 0.382 e. The molecule has 1 saturated heterocycles. The van der Waals surface area contributed by atoms with Gasteiger partial charge in [-0.25, -0.2) is 0 Å². The van der Waals surface area contributed by atoms with E-state index in [2.05, 4.69) is 36.8 Å². The zero-order valence-electron chi connectivity index (χ0n) is 10.7. The predicted octanol–water partition coefficient (Wildman–Crippen LogP) is 2.86. The van der Waals surface area contributed by atoms with Crippen LogP contribution in [0.1, 0.15) is 19.3 Å². The second-order valence-corrected chi connectivity index (χ2v) is 5.84. The maximum atomic E-state index is 10.7. The molecule has 0 radical (unpaired) electrons. The van der Waals surface area contributed by atoms with Crippen molar-refractivity contribution in [1.29, 1.82) is 0 Å². The van der Waals surface area contributed by atoms with E-state index in [1.807, 2.05) is 0 Å². The van der Waals surface area contributed by atoms with Gasteiger partial charge in [-0.05, 0) is 29.2 Å². The summed E-state index contributed by atoms with van der Waals surface area (Å²) in [4.78, 5) is 14.0. The van der Waals surface area contributed by atoms with Crippen LogP contribution in [0.4, 0.5) is 5.82 Å². The van der Waals surface area contributed by atoms with E-state index in [1.54, 1.807) is 4.57 Å². The van der Waals surface area contributed by atoms with Crippen LogP contribution >= 0.6 is 31.9 Å². The predicted molar refractivity (Wildman–Crippen MR) is 78.8 cm³/mol. The quantitative estimate of drug-likeness (QED) is 0.407. The molecule has 0 N–H and O–H groups in total. The summed E-state index contributed by atoms with van der Waals surface area (Å²) in [6.07, 6.45) is 4.12. The topological polar surface area (TPSA) is 79.4 Å². The molecule has 9 heteroatoms. The van der Waals surface area contributed by atoms with E-state index in [9.17, 15) is 10.1 Å². The molecule has 2 atom stereocenters. The second kappa shape index (κ2) is 7.48. The number of rotatable bonds is 6. The lowest BCUT2D eigenvalue weighted by molar-refractivity contribution is -0.389. The Bertz CT molecular complexity index is 463. The van der Waals surface area contributed by atoms with Gasteiger partial charge in [0.25, 0.3) is 4.73 Å². The normalized spacial score (nSPS) is 20.8. The summed E-state index contributed by atoms with van der Waals surface area (Å²) in [6.45, 7) is 1.19. The fourth-order valence-corrected chi connectivity index (χ4v) is 2.76. The minimum atomic E-state index is -0.518. The highest BCUT2D eigenvalue weighted by molar-refractivity contribution is 9.10. The second-order valence-electron chi connectivity index (χ2n) is 4.49. The third kappa shape index (κ3) is 4.24. The summed E-state index contributed by atoms with van der Waals surface area (Å²) in [5, 5.41) is 11.3. The van der Waals surface area contributed by atoms with Gasteiger partial charge in [-0.1, -0.05) is 15.9 Å². The summed E-state index contributed by atoms with van der Waals surface area (Å²) in [7, 11) is 0. The number of halogens is 2. The summed E-state index contributed by atoms with van der Waals surface area (Å²) in [5.41, 5.74) is 0. The van der Waals surface area contributed by atoms with Crippen LogP contribution in [0.15, 0.2) is 10.9 Å². The number of aromatic nitrogens is 2. The van der Waals surface area contributed by atoms with Crippen LogP contribution in [0.25, 0.3) is 0 Å². The molecule has 1 aromatic heterocycles. The fourth-order valence-electron chi connectivity index (χ4n) is 1.98. The molecule has 7 nitrogen and oxygen atoms in total. The summed E-state index contributed by atoms with van der Waals surface area (Å²) >= 11 is 6.61. The first-order valence-electron chi connectivity index (χ1n) is 6.30. The highest BCUT2D eigenvalue weighted by Crippen LogP contribution is 2.20. The maximum Gasteiger partial charge on any atom is 0.382 e. The van der Waals surface area contributed by atoms with E-state index >= 15 is 0 Å². The fraction of sp³-hybridized carbons (Fsp3) is 0.727. The first-order valence-corrected chi connectivity index (χ1v) is 8.21. The molecule has 1 fully saturated rings. The number of nitrogens with zero attached hydrogens (tertiary/aromatic N) is 3. The zero-order chi connectivity index (χ0) is 14.5. The van der Waals surface area contributed by atoms with Gasteiger partial charge in [0.05, 0.1) is 12.6 Å². The molecule has 0 amide bonds. The lowest BCUT2D eigenvalue weighted by Crippen LogP contribution is -2.31. The van der Waals surface area contributed by atoms with Crippen LogP contribution < -0.4 is 0 Å². The third-order valence-electron chi connectivity index (χ3n) is 2.96. The van der Waals surface area contributed by atoms with Gasteiger partial charge in [0.15, 0.2) is 6.29 Å². The van der Waals surface area contributed by atoms with Gasteiger partial charge in [-0.15, -0.1) is 0 Å². The zero-order valence-corrected chi connectivity index (χ0v) is 13.9. The Morgan fingerprint density at radius 1 is 1.65 bits per heavy atom. The Morgan fingerprint density at radius 2 is 2.45 bits per heavy atom. The molecule has 112 valence electrons. The van der Waals surface area contributed by atoms with Crippen molar-refractivity contribution in [2.24, 2.45) is 0 Å². The number of nitro groups is 1. The number of hydrogen-bond donors (Lipinski definition) is 0. The average molecular weight is 413 g/mol. The highest BCUT2D eigenvalue weighted by atomic mass is 79.9.